The molecule has 2 aromatic rings. The minimum Gasteiger partial charge on any atom is -0.494 e. The summed E-state index contributed by atoms with van der Waals surface area (Å²) >= 11 is 3.37. The van der Waals surface area contributed by atoms with Crippen molar-refractivity contribution >= 4 is 21.6 Å². The highest BCUT2D eigenvalue weighted by molar-refractivity contribution is 9.10. The topological polar surface area (TPSA) is 34.1 Å². The summed E-state index contributed by atoms with van der Waals surface area (Å²) in [5.74, 6) is 0.928. The van der Waals surface area contributed by atoms with Gasteiger partial charge in [0.05, 0.1) is 18.0 Å². The average Bonchev–Trinajstić information content (AvgIpc) is 2.45. The van der Waals surface area contributed by atoms with Crippen molar-refractivity contribution in [2.24, 2.45) is 0 Å². The van der Waals surface area contributed by atoms with Crippen molar-refractivity contribution in [1.29, 1.82) is 0 Å². The van der Waals surface area contributed by atoms with Gasteiger partial charge in [0.1, 0.15) is 10.4 Å². The lowest BCUT2D eigenvalue weighted by molar-refractivity contribution is 0.317. The molecule has 0 radical (unpaired) electrons. The number of hydrogen-bond donors (Lipinski definition) is 1. The summed E-state index contributed by atoms with van der Waals surface area (Å²) in [5, 5.41) is 3.39. The quantitative estimate of drug-likeness (QED) is 0.786. The molecule has 0 bridgehead atoms. The van der Waals surface area contributed by atoms with Gasteiger partial charge in [0, 0.05) is 6.54 Å². The molecule has 2 rings (SSSR count). The van der Waals surface area contributed by atoms with E-state index < -0.39 is 0 Å². The first kappa shape index (κ1) is 14.9. The van der Waals surface area contributed by atoms with Crippen LogP contribution in [0.2, 0.25) is 0 Å². The predicted molar refractivity (Wildman–Crippen MR) is 86.2 cm³/mol. The lowest BCUT2D eigenvalue weighted by Gasteiger charge is -2.10. The van der Waals surface area contributed by atoms with Gasteiger partial charge in [0.15, 0.2) is 0 Å². The summed E-state index contributed by atoms with van der Waals surface area (Å²) < 4.78 is 6.43. The standard InChI is InChI=1S/C16H19BrN2O/c1-3-10-20-14-6-4-13(5-7-14)11-18-15-8-9-16(17)19-12(15)2/h4-9,18H,3,10-11H2,1-2H3. The first-order valence-electron chi connectivity index (χ1n) is 6.78. The van der Waals surface area contributed by atoms with Crippen LogP contribution >= 0.6 is 15.9 Å². The summed E-state index contributed by atoms with van der Waals surface area (Å²) in [5.41, 5.74) is 3.26. The molecular formula is C16H19BrN2O. The van der Waals surface area contributed by atoms with E-state index >= 15 is 0 Å². The van der Waals surface area contributed by atoms with E-state index in [2.05, 4.69) is 45.3 Å². The number of nitrogens with zero attached hydrogens (tertiary/aromatic N) is 1. The maximum atomic E-state index is 5.57. The molecular weight excluding hydrogens is 316 g/mol. The molecule has 106 valence electrons. The number of anilines is 1. The Kier molecular flexibility index (Phi) is 5.41. The summed E-state index contributed by atoms with van der Waals surface area (Å²) in [7, 11) is 0. The molecule has 0 spiro atoms. The van der Waals surface area contributed by atoms with E-state index in [0.717, 1.165) is 41.3 Å². The lowest BCUT2D eigenvalue weighted by Crippen LogP contribution is -2.02. The smallest absolute Gasteiger partial charge is 0.119 e. The van der Waals surface area contributed by atoms with Crippen molar-refractivity contribution in [3.63, 3.8) is 0 Å². The van der Waals surface area contributed by atoms with Crippen molar-refractivity contribution in [1.82, 2.24) is 4.98 Å². The molecule has 0 saturated carbocycles. The number of benzene rings is 1. The van der Waals surface area contributed by atoms with Gasteiger partial charge in [-0.05, 0) is 59.1 Å². The third-order valence-electron chi connectivity index (χ3n) is 2.93. The highest BCUT2D eigenvalue weighted by Gasteiger charge is 2.01. The van der Waals surface area contributed by atoms with Gasteiger partial charge in [-0.15, -0.1) is 0 Å². The normalized spacial score (nSPS) is 10.3. The van der Waals surface area contributed by atoms with E-state index in [1.807, 2.05) is 31.2 Å². The fraction of sp³-hybridized carbons (Fsp3) is 0.312. The first-order chi connectivity index (χ1) is 9.69. The van der Waals surface area contributed by atoms with E-state index in [4.69, 9.17) is 4.74 Å². The van der Waals surface area contributed by atoms with Crippen LogP contribution in [0.25, 0.3) is 0 Å². The van der Waals surface area contributed by atoms with Gasteiger partial charge in [0.25, 0.3) is 0 Å². The second-order valence-electron chi connectivity index (χ2n) is 4.61. The zero-order chi connectivity index (χ0) is 14.4. The van der Waals surface area contributed by atoms with Crippen molar-refractivity contribution < 1.29 is 4.74 Å². The summed E-state index contributed by atoms with van der Waals surface area (Å²) in [6, 6.07) is 12.2. The van der Waals surface area contributed by atoms with Crippen LogP contribution in [0.3, 0.4) is 0 Å². The number of aryl methyl sites for hydroxylation is 1. The van der Waals surface area contributed by atoms with Crippen LogP contribution in [0.1, 0.15) is 24.6 Å². The fourth-order valence-corrected chi connectivity index (χ4v) is 2.24. The van der Waals surface area contributed by atoms with Crippen molar-refractivity contribution in [3.8, 4) is 5.75 Å². The number of halogens is 1. The molecule has 1 aromatic carbocycles. The van der Waals surface area contributed by atoms with Gasteiger partial charge in [-0.2, -0.15) is 0 Å². The Morgan fingerprint density at radius 1 is 1.15 bits per heavy atom. The third kappa shape index (κ3) is 4.23. The van der Waals surface area contributed by atoms with Crippen molar-refractivity contribution in [3.05, 3.63) is 52.3 Å². The molecule has 1 N–H and O–H groups in total. The molecule has 3 nitrogen and oxygen atoms in total. The Balaban J connectivity index is 1.93. The highest BCUT2D eigenvalue weighted by atomic mass is 79.9. The molecule has 0 aliphatic rings. The van der Waals surface area contributed by atoms with Gasteiger partial charge < -0.3 is 10.1 Å². The van der Waals surface area contributed by atoms with Crippen molar-refractivity contribution in [2.45, 2.75) is 26.8 Å². The number of ether oxygens (including phenoxy) is 1. The predicted octanol–water partition coefficient (Wildman–Crippen LogP) is 4.55. The second-order valence-corrected chi connectivity index (χ2v) is 5.43. The van der Waals surface area contributed by atoms with E-state index in [1.54, 1.807) is 0 Å². The molecule has 0 atom stereocenters. The van der Waals surface area contributed by atoms with Gasteiger partial charge in [-0.25, -0.2) is 4.98 Å². The highest BCUT2D eigenvalue weighted by Crippen LogP contribution is 2.18. The maximum Gasteiger partial charge on any atom is 0.119 e. The SMILES string of the molecule is CCCOc1ccc(CNc2ccc(Br)nc2C)cc1. The number of hydrogen-bond acceptors (Lipinski definition) is 3. The molecule has 20 heavy (non-hydrogen) atoms. The lowest BCUT2D eigenvalue weighted by atomic mass is 10.2. The fourth-order valence-electron chi connectivity index (χ4n) is 1.84. The Hall–Kier alpha value is -1.55. The van der Waals surface area contributed by atoms with Crippen molar-refractivity contribution in [2.75, 3.05) is 11.9 Å². The van der Waals surface area contributed by atoms with Gasteiger partial charge in [-0.3, -0.25) is 0 Å². The van der Waals surface area contributed by atoms with Gasteiger partial charge in [0.2, 0.25) is 0 Å². The minimum absolute atomic E-state index is 0.765. The van der Waals surface area contributed by atoms with E-state index in [-0.39, 0.29) is 0 Å². The monoisotopic (exact) mass is 334 g/mol. The molecule has 1 heterocycles. The largest absolute Gasteiger partial charge is 0.494 e. The summed E-state index contributed by atoms with van der Waals surface area (Å²) in [6.07, 6.45) is 1.03. The molecule has 0 unspecified atom stereocenters. The third-order valence-corrected chi connectivity index (χ3v) is 3.37. The first-order valence-corrected chi connectivity index (χ1v) is 7.57. The van der Waals surface area contributed by atoms with Crippen LogP contribution in [0, 0.1) is 6.92 Å². The van der Waals surface area contributed by atoms with E-state index in [9.17, 15) is 0 Å². The molecule has 0 fully saturated rings. The molecule has 0 amide bonds. The molecule has 0 aliphatic heterocycles. The Morgan fingerprint density at radius 3 is 2.55 bits per heavy atom. The Morgan fingerprint density at radius 2 is 1.90 bits per heavy atom. The molecule has 0 saturated heterocycles. The molecule has 1 aromatic heterocycles. The van der Waals surface area contributed by atoms with E-state index in [0.29, 0.717) is 0 Å². The summed E-state index contributed by atoms with van der Waals surface area (Å²) in [4.78, 5) is 4.37. The molecule has 0 aliphatic carbocycles. The van der Waals surface area contributed by atoms with Crippen LogP contribution < -0.4 is 10.1 Å². The minimum atomic E-state index is 0.765. The number of aromatic nitrogens is 1. The number of pyridine rings is 1. The summed E-state index contributed by atoms with van der Waals surface area (Å²) in [6.45, 7) is 5.64. The van der Waals surface area contributed by atoms with Crippen LogP contribution in [-0.4, -0.2) is 11.6 Å². The Bertz CT molecular complexity index is 555. The average molecular weight is 335 g/mol. The maximum absolute atomic E-state index is 5.57. The zero-order valence-corrected chi connectivity index (χ0v) is 13.4. The number of rotatable bonds is 6. The molecule has 4 heteroatoms. The van der Waals surface area contributed by atoms with Crippen LogP contribution in [0.5, 0.6) is 5.75 Å². The zero-order valence-electron chi connectivity index (χ0n) is 11.8. The Labute approximate surface area is 128 Å². The van der Waals surface area contributed by atoms with Gasteiger partial charge >= 0.3 is 0 Å². The van der Waals surface area contributed by atoms with E-state index in [1.165, 1.54) is 5.56 Å². The van der Waals surface area contributed by atoms with Crippen LogP contribution in [0.15, 0.2) is 41.0 Å². The van der Waals surface area contributed by atoms with Crippen LogP contribution in [-0.2, 0) is 6.54 Å². The number of nitrogens with one attached hydrogen (secondary N) is 1. The van der Waals surface area contributed by atoms with Gasteiger partial charge in [-0.1, -0.05) is 19.1 Å². The van der Waals surface area contributed by atoms with Crippen LogP contribution in [0.4, 0.5) is 5.69 Å². The second kappa shape index (κ2) is 7.29.